The second kappa shape index (κ2) is 5.76. The number of aromatic nitrogens is 2. The molecule has 3 aromatic rings. The summed E-state index contributed by atoms with van der Waals surface area (Å²) in [6, 6.07) is 8.28. The lowest BCUT2D eigenvalue weighted by molar-refractivity contribution is 0.630. The summed E-state index contributed by atoms with van der Waals surface area (Å²) >= 11 is 21.2. The highest BCUT2D eigenvalue weighted by atomic mass is 79.9. The van der Waals surface area contributed by atoms with Crippen LogP contribution < -0.4 is 0 Å². The van der Waals surface area contributed by atoms with Gasteiger partial charge in [-0.15, -0.1) is 11.6 Å². The summed E-state index contributed by atoms with van der Waals surface area (Å²) in [7, 11) is 0. The minimum atomic E-state index is -0.507. The predicted molar refractivity (Wildman–Crippen MR) is 88.3 cm³/mol. The van der Waals surface area contributed by atoms with Crippen LogP contribution in [0.5, 0.6) is 0 Å². The molecular formula is C14H7BrCl3FN2. The molecule has 0 atom stereocenters. The average molecular weight is 408 g/mol. The van der Waals surface area contributed by atoms with Gasteiger partial charge in [0.1, 0.15) is 11.6 Å². The van der Waals surface area contributed by atoms with Crippen molar-refractivity contribution >= 4 is 61.8 Å². The number of fused-ring (bicyclic) bond motifs is 1. The van der Waals surface area contributed by atoms with Gasteiger partial charge in [-0.2, -0.15) is 0 Å². The molecule has 2 nitrogen and oxygen atoms in total. The van der Waals surface area contributed by atoms with Crippen molar-refractivity contribution in [2.75, 3.05) is 0 Å². The third-order valence-electron chi connectivity index (χ3n) is 3.05. The fourth-order valence-electron chi connectivity index (χ4n) is 2.12. The zero-order valence-electron chi connectivity index (χ0n) is 10.4. The second-order valence-corrected chi connectivity index (χ2v) is 6.29. The van der Waals surface area contributed by atoms with Gasteiger partial charge in [0.15, 0.2) is 0 Å². The van der Waals surface area contributed by atoms with E-state index >= 15 is 0 Å². The van der Waals surface area contributed by atoms with E-state index < -0.39 is 5.82 Å². The van der Waals surface area contributed by atoms with Crippen LogP contribution in [0.4, 0.5) is 4.39 Å². The number of halogens is 5. The van der Waals surface area contributed by atoms with E-state index in [1.165, 1.54) is 12.1 Å². The molecule has 0 fully saturated rings. The molecule has 0 spiro atoms. The highest BCUT2D eigenvalue weighted by Crippen LogP contribution is 2.30. The van der Waals surface area contributed by atoms with Crippen molar-refractivity contribution in [3.63, 3.8) is 0 Å². The number of hydrogen-bond acceptors (Lipinski definition) is 1. The van der Waals surface area contributed by atoms with Gasteiger partial charge in [-0.25, -0.2) is 9.37 Å². The van der Waals surface area contributed by atoms with Crippen LogP contribution in [0.2, 0.25) is 10.0 Å². The third kappa shape index (κ3) is 2.66. The summed E-state index contributed by atoms with van der Waals surface area (Å²) in [6.07, 6.45) is 0. The number of imidazole rings is 1. The Bertz CT molecular complexity index is 848. The first-order valence-corrected chi connectivity index (χ1v) is 7.97. The Labute approximate surface area is 143 Å². The number of benzene rings is 2. The van der Waals surface area contributed by atoms with Crippen LogP contribution in [0.15, 0.2) is 34.8 Å². The maximum absolute atomic E-state index is 13.6. The summed E-state index contributed by atoms with van der Waals surface area (Å²) in [6.45, 7) is 0. The van der Waals surface area contributed by atoms with E-state index in [9.17, 15) is 4.39 Å². The molecule has 0 unspecified atom stereocenters. The quantitative estimate of drug-likeness (QED) is 0.478. The Balaban J connectivity index is 2.34. The van der Waals surface area contributed by atoms with Gasteiger partial charge >= 0.3 is 0 Å². The van der Waals surface area contributed by atoms with Gasteiger partial charge in [0, 0.05) is 16.2 Å². The summed E-state index contributed by atoms with van der Waals surface area (Å²) < 4.78 is 16.1. The number of nitrogens with zero attached hydrogens (tertiary/aromatic N) is 2. The Morgan fingerprint density at radius 1 is 1.14 bits per heavy atom. The maximum Gasteiger partial charge on any atom is 0.144 e. The minimum Gasteiger partial charge on any atom is -0.295 e. The molecule has 2 aromatic carbocycles. The predicted octanol–water partition coefficient (Wildman–Crippen LogP) is 5.97. The Hall–Kier alpha value is -0.810. The van der Waals surface area contributed by atoms with Gasteiger partial charge in [0.2, 0.25) is 0 Å². The van der Waals surface area contributed by atoms with Crippen molar-refractivity contribution in [2.45, 2.75) is 5.88 Å². The Morgan fingerprint density at radius 3 is 2.57 bits per heavy atom. The molecule has 0 saturated heterocycles. The molecule has 0 radical (unpaired) electrons. The third-order valence-corrected chi connectivity index (χ3v) is 4.79. The minimum absolute atomic E-state index is 0.0396. The average Bonchev–Trinajstić information content (AvgIpc) is 2.80. The van der Waals surface area contributed by atoms with E-state index in [0.29, 0.717) is 21.9 Å². The van der Waals surface area contributed by atoms with Crippen LogP contribution in [0.3, 0.4) is 0 Å². The fourth-order valence-corrected chi connectivity index (χ4v) is 2.95. The normalized spacial score (nSPS) is 11.3. The first-order valence-electron chi connectivity index (χ1n) is 5.89. The van der Waals surface area contributed by atoms with Gasteiger partial charge < -0.3 is 0 Å². The van der Waals surface area contributed by atoms with E-state index in [1.54, 1.807) is 6.07 Å². The summed E-state index contributed by atoms with van der Waals surface area (Å²) in [5.41, 5.74) is 2.00. The van der Waals surface area contributed by atoms with Gasteiger partial charge in [-0.1, -0.05) is 23.2 Å². The van der Waals surface area contributed by atoms with Crippen molar-refractivity contribution < 1.29 is 4.39 Å². The molecule has 0 bridgehead atoms. The van der Waals surface area contributed by atoms with Gasteiger partial charge in [-0.05, 0) is 40.2 Å². The molecule has 0 saturated carbocycles. The molecule has 7 heteroatoms. The smallest absolute Gasteiger partial charge is 0.144 e. The lowest BCUT2D eigenvalue weighted by Gasteiger charge is -2.09. The van der Waals surface area contributed by atoms with E-state index in [-0.39, 0.29) is 10.9 Å². The highest BCUT2D eigenvalue weighted by Gasteiger charge is 2.15. The first kappa shape index (κ1) is 15.1. The molecule has 0 aliphatic rings. The Morgan fingerprint density at radius 2 is 1.90 bits per heavy atom. The molecule has 1 heterocycles. The number of rotatable bonds is 2. The molecule has 0 amide bonds. The standard InChI is InChI=1S/C14H7BrCl3FN2/c15-8-3-7(1-2-9(8)17)21-13-4-10(18)11(19)5-12(13)20-14(21)6-16/h1-5H,6H2. The SMILES string of the molecule is Fc1cc2nc(CCl)n(-c3ccc(Cl)c(Br)c3)c2cc1Cl. The molecule has 3 rings (SSSR count). The number of hydrogen-bond donors (Lipinski definition) is 0. The second-order valence-electron chi connectivity index (χ2n) is 4.35. The van der Waals surface area contributed by atoms with E-state index in [2.05, 4.69) is 20.9 Å². The summed E-state index contributed by atoms with van der Waals surface area (Å²) in [5.74, 6) is 0.281. The van der Waals surface area contributed by atoms with Crippen LogP contribution in [0, 0.1) is 5.82 Å². The van der Waals surface area contributed by atoms with Crippen LogP contribution in [-0.2, 0) is 5.88 Å². The lowest BCUT2D eigenvalue weighted by Crippen LogP contribution is -1.99. The van der Waals surface area contributed by atoms with Crippen LogP contribution in [-0.4, -0.2) is 9.55 Å². The van der Waals surface area contributed by atoms with Crippen molar-refractivity contribution in [2.24, 2.45) is 0 Å². The Kier molecular flexibility index (Phi) is 4.14. The lowest BCUT2D eigenvalue weighted by atomic mass is 10.2. The molecule has 108 valence electrons. The first-order chi connectivity index (χ1) is 10.0. The molecule has 21 heavy (non-hydrogen) atoms. The van der Waals surface area contributed by atoms with Crippen molar-refractivity contribution in [3.8, 4) is 5.69 Å². The fraction of sp³-hybridized carbons (Fsp3) is 0.0714. The zero-order valence-corrected chi connectivity index (χ0v) is 14.2. The molecule has 0 aliphatic heterocycles. The van der Waals surface area contributed by atoms with Gasteiger partial charge in [0.25, 0.3) is 0 Å². The summed E-state index contributed by atoms with van der Waals surface area (Å²) in [4.78, 5) is 4.35. The molecule has 0 aliphatic carbocycles. The van der Waals surface area contributed by atoms with Crippen molar-refractivity contribution in [1.29, 1.82) is 0 Å². The number of alkyl halides is 1. The van der Waals surface area contributed by atoms with Crippen LogP contribution in [0.1, 0.15) is 5.82 Å². The van der Waals surface area contributed by atoms with Gasteiger partial charge in [0.05, 0.1) is 27.0 Å². The zero-order chi connectivity index (χ0) is 15.1. The highest BCUT2D eigenvalue weighted by molar-refractivity contribution is 9.10. The van der Waals surface area contributed by atoms with E-state index in [0.717, 1.165) is 10.2 Å². The monoisotopic (exact) mass is 406 g/mol. The largest absolute Gasteiger partial charge is 0.295 e. The van der Waals surface area contributed by atoms with Gasteiger partial charge in [-0.3, -0.25) is 4.57 Å². The molecular weight excluding hydrogens is 401 g/mol. The summed E-state index contributed by atoms with van der Waals surface area (Å²) in [5, 5.41) is 0.637. The van der Waals surface area contributed by atoms with Crippen molar-refractivity contribution in [3.05, 3.63) is 56.5 Å². The van der Waals surface area contributed by atoms with E-state index in [4.69, 9.17) is 34.8 Å². The maximum atomic E-state index is 13.6. The molecule has 1 aromatic heterocycles. The van der Waals surface area contributed by atoms with Crippen LogP contribution >= 0.6 is 50.7 Å². The topological polar surface area (TPSA) is 17.8 Å². The van der Waals surface area contributed by atoms with E-state index in [1.807, 2.05) is 16.7 Å². The van der Waals surface area contributed by atoms with Crippen molar-refractivity contribution in [1.82, 2.24) is 9.55 Å². The molecule has 0 N–H and O–H groups in total. The van der Waals surface area contributed by atoms with Crippen LogP contribution in [0.25, 0.3) is 16.7 Å².